The molecule has 0 atom stereocenters. The lowest BCUT2D eigenvalue weighted by atomic mass is 10.1. The summed E-state index contributed by atoms with van der Waals surface area (Å²) in [7, 11) is -8.17. The SMILES string of the molecule is CCC(=Cc1sc2ccc3ccccc3c2[n+]1CCCS(=O)(=O)O)C=C1Sc2cc3ccccc3cc2N1CCCS(=O)(=O)O. The first-order valence-electron chi connectivity index (χ1n) is 14.6. The number of allylic oxidation sites excluding steroid dienone is 2. The molecular weight excluding hydrogens is 649 g/mol. The molecule has 4 aromatic carbocycles. The smallest absolute Gasteiger partial charge is 0.265 e. The van der Waals surface area contributed by atoms with Crippen LogP contribution in [-0.2, 0) is 26.8 Å². The van der Waals surface area contributed by atoms with Gasteiger partial charge in [-0.1, -0.05) is 78.6 Å². The molecule has 0 bridgehead atoms. The molecule has 8 nitrogen and oxygen atoms in total. The van der Waals surface area contributed by atoms with Crippen LogP contribution < -0.4 is 9.47 Å². The van der Waals surface area contributed by atoms with Gasteiger partial charge in [0.1, 0.15) is 4.70 Å². The Morgan fingerprint density at radius 3 is 2.24 bits per heavy atom. The van der Waals surface area contributed by atoms with Crippen molar-refractivity contribution in [3.8, 4) is 0 Å². The zero-order valence-electron chi connectivity index (χ0n) is 24.6. The van der Waals surface area contributed by atoms with Crippen LogP contribution in [0.3, 0.4) is 0 Å². The number of hydrogen-bond donors (Lipinski definition) is 2. The van der Waals surface area contributed by atoms with Crippen molar-refractivity contribution in [2.45, 2.75) is 37.6 Å². The summed E-state index contributed by atoms with van der Waals surface area (Å²) >= 11 is 3.27. The number of aromatic nitrogens is 1. The normalized spacial score (nSPS) is 15.1. The van der Waals surface area contributed by atoms with Crippen LogP contribution in [0.5, 0.6) is 0 Å². The van der Waals surface area contributed by atoms with E-state index in [0.29, 0.717) is 13.1 Å². The minimum Gasteiger partial charge on any atom is -0.335 e. The van der Waals surface area contributed by atoms with Gasteiger partial charge in [-0.25, -0.2) is 0 Å². The predicted octanol–water partition coefficient (Wildman–Crippen LogP) is 7.30. The van der Waals surface area contributed by atoms with Gasteiger partial charge in [-0.15, -0.1) is 0 Å². The summed E-state index contributed by atoms with van der Waals surface area (Å²) in [4.78, 5) is 3.20. The van der Waals surface area contributed by atoms with Crippen LogP contribution in [0.4, 0.5) is 5.69 Å². The fraction of sp³-hybridized carbons (Fsp3) is 0.242. The van der Waals surface area contributed by atoms with Crippen molar-refractivity contribution in [3.05, 3.63) is 94.5 Å². The first-order chi connectivity index (χ1) is 21.5. The fourth-order valence-corrected chi connectivity index (χ4v) is 9.07. The van der Waals surface area contributed by atoms with Gasteiger partial charge in [-0.2, -0.15) is 21.4 Å². The first-order valence-corrected chi connectivity index (χ1v) is 19.5. The summed E-state index contributed by atoms with van der Waals surface area (Å²) in [6.45, 7) is 2.92. The summed E-state index contributed by atoms with van der Waals surface area (Å²) in [6.07, 6.45) is 5.53. The Morgan fingerprint density at radius 2 is 1.53 bits per heavy atom. The molecule has 234 valence electrons. The highest BCUT2D eigenvalue weighted by atomic mass is 32.2. The Labute approximate surface area is 271 Å². The van der Waals surface area contributed by atoms with E-state index in [0.717, 1.165) is 64.4 Å². The number of anilines is 1. The van der Waals surface area contributed by atoms with Gasteiger partial charge in [0.25, 0.3) is 25.2 Å². The van der Waals surface area contributed by atoms with E-state index < -0.39 is 20.2 Å². The van der Waals surface area contributed by atoms with E-state index in [9.17, 15) is 25.9 Å². The van der Waals surface area contributed by atoms with Crippen molar-refractivity contribution >= 4 is 86.9 Å². The van der Waals surface area contributed by atoms with Gasteiger partial charge >= 0.3 is 0 Å². The van der Waals surface area contributed by atoms with Gasteiger partial charge in [0.2, 0.25) is 5.52 Å². The van der Waals surface area contributed by atoms with Gasteiger partial charge in [0, 0.05) is 23.9 Å². The van der Waals surface area contributed by atoms with Crippen LogP contribution in [0.2, 0.25) is 0 Å². The standard InChI is InChI=1S/C33H32N2O6S4/c1-2-23(19-31-34(15-7-17-44(36,37)38)28-21-25-10-3-4-11-26(25)22-30(28)43-31)20-32-35(16-8-18-45(39,40)41)33-27-12-6-5-9-24(27)13-14-29(33)42-32/h3-6,9-14,19-22H,2,7-8,15-18H2,1H3,(H-,36,37,38,39,40,41)/p+1. The van der Waals surface area contributed by atoms with E-state index >= 15 is 0 Å². The number of nitrogens with zero attached hydrogens (tertiary/aromatic N) is 2. The Hall–Kier alpha value is -3.26. The lowest BCUT2D eigenvalue weighted by Gasteiger charge is -2.21. The molecule has 0 saturated heterocycles. The van der Waals surface area contributed by atoms with E-state index in [1.807, 2.05) is 24.3 Å². The Morgan fingerprint density at radius 1 is 0.867 bits per heavy atom. The van der Waals surface area contributed by atoms with E-state index in [1.54, 1.807) is 23.1 Å². The third kappa shape index (κ3) is 7.26. The van der Waals surface area contributed by atoms with Crippen LogP contribution in [-0.4, -0.2) is 44.0 Å². The Bertz CT molecular complexity index is 2210. The zero-order chi connectivity index (χ0) is 31.8. The third-order valence-corrected chi connectivity index (χ3v) is 11.6. The molecule has 2 N–H and O–H groups in total. The van der Waals surface area contributed by atoms with Crippen molar-refractivity contribution in [1.29, 1.82) is 0 Å². The van der Waals surface area contributed by atoms with Gasteiger partial charge < -0.3 is 4.90 Å². The topological polar surface area (TPSA) is 116 Å². The molecule has 0 saturated carbocycles. The summed E-state index contributed by atoms with van der Waals surface area (Å²) in [5.74, 6) is -0.641. The lowest BCUT2D eigenvalue weighted by molar-refractivity contribution is -0.667. The van der Waals surface area contributed by atoms with Gasteiger partial charge in [-0.3, -0.25) is 9.11 Å². The van der Waals surface area contributed by atoms with Crippen molar-refractivity contribution in [2.24, 2.45) is 0 Å². The van der Waals surface area contributed by atoms with Crippen molar-refractivity contribution in [1.82, 2.24) is 0 Å². The second-order valence-electron chi connectivity index (χ2n) is 11.0. The summed E-state index contributed by atoms with van der Waals surface area (Å²) in [6, 6.07) is 24.7. The molecule has 45 heavy (non-hydrogen) atoms. The van der Waals surface area contributed by atoms with Crippen molar-refractivity contribution < 1.29 is 30.5 Å². The number of aryl methyl sites for hydroxylation is 1. The van der Waals surface area contributed by atoms with Gasteiger partial charge in [0.05, 0.1) is 27.6 Å². The maximum absolute atomic E-state index is 11.5. The molecule has 1 aliphatic rings. The number of thiazole rings is 1. The second-order valence-corrected chi connectivity index (χ2v) is 16.2. The highest BCUT2D eigenvalue weighted by Crippen LogP contribution is 2.48. The average molecular weight is 682 g/mol. The second kappa shape index (κ2) is 12.9. The van der Waals surface area contributed by atoms with Crippen LogP contribution in [0.15, 0.2) is 94.4 Å². The number of benzene rings is 4. The van der Waals surface area contributed by atoms with Crippen LogP contribution >= 0.6 is 23.1 Å². The van der Waals surface area contributed by atoms with Crippen LogP contribution in [0, 0.1) is 0 Å². The monoisotopic (exact) mass is 681 g/mol. The number of fused-ring (bicyclic) bond motifs is 5. The van der Waals surface area contributed by atoms with Crippen LogP contribution in [0.1, 0.15) is 31.2 Å². The highest BCUT2D eigenvalue weighted by Gasteiger charge is 2.27. The molecule has 6 rings (SSSR count). The fourth-order valence-electron chi connectivity index (χ4n) is 5.70. The Balaban J connectivity index is 1.43. The molecule has 5 aromatic rings. The molecule has 2 heterocycles. The first kappa shape index (κ1) is 31.7. The van der Waals surface area contributed by atoms with Gasteiger partial charge in [-0.05, 0) is 64.9 Å². The number of hydrogen-bond acceptors (Lipinski definition) is 7. The van der Waals surface area contributed by atoms with E-state index in [-0.39, 0.29) is 24.3 Å². The largest absolute Gasteiger partial charge is 0.335 e. The predicted molar refractivity (Wildman–Crippen MR) is 185 cm³/mol. The average Bonchev–Trinajstić information content (AvgIpc) is 3.51. The van der Waals surface area contributed by atoms with Crippen molar-refractivity contribution in [2.75, 3.05) is 23.0 Å². The molecule has 0 radical (unpaired) electrons. The van der Waals surface area contributed by atoms with Crippen LogP contribution in [0.25, 0.3) is 37.8 Å². The molecule has 0 unspecified atom stereocenters. The minimum absolute atomic E-state index is 0.266. The minimum atomic E-state index is -4.09. The van der Waals surface area contributed by atoms with E-state index in [1.165, 1.54) is 0 Å². The number of rotatable bonds is 11. The zero-order valence-corrected chi connectivity index (χ0v) is 27.9. The maximum Gasteiger partial charge on any atom is 0.265 e. The third-order valence-electron chi connectivity index (χ3n) is 7.81. The molecule has 1 aromatic heterocycles. The van der Waals surface area contributed by atoms with Gasteiger partial charge in [0.15, 0.2) is 6.54 Å². The summed E-state index contributed by atoms with van der Waals surface area (Å²) in [5.41, 5.74) is 3.09. The lowest BCUT2D eigenvalue weighted by Crippen LogP contribution is -2.36. The van der Waals surface area contributed by atoms with Crippen molar-refractivity contribution in [3.63, 3.8) is 0 Å². The molecule has 0 aliphatic carbocycles. The van der Waals surface area contributed by atoms with E-state index in [2.05, 4.69) is 77.1 Å². The van der Waals surface area contributed by atoms with E-state index in [4.69, 9.17) is 0 Å². The number of thioether (sulfide) groups is 1. The molecule has 0 amide bonds. The molecule has 12 heteroatoms. The molecular formula is C33H33N2O6S4+. The maximum atomic E-state index is 11.5. The molecule has 0 fully saturated rings. The summed E-state index contributed by atoms with van der Waals surface area (Å²) in [5, 5.41) is 6.31. The molecule has 1 aliphatic heterocycles. The Kier molecular flexibility index (Phi) is 9.06. The molecule has 0 spiro atoms. The quantitative estimate of drug-likeness (QED) is 0.110. The highest BCUT2D eigenvalue weighted by molar-refractivity contribution is 8.03. The summed E-state index contributed by atoms with van der Waals surface area (Å²) < 4.78 is 68.1.